The maximum Gasteiger partial charge on any atom is 0.307 e. The van der Waals surface area contributed by atoms with E-state index in [-0.39, 0.29) is 11.3 Å². The van der Waals surface area contributed by atoms with Crippen LogP contribution in [0.1, 0.15) is 18.0 Å². The number of fused-ring (bicyclic) bond motifs is 1. The molecule has 0 radical (unpaired) electrons. The zero-order valence-corrected chi connectivity index (χ0v) is 15.1. The maximum absolute atomic E-state index is 13.0. The van der Waals surface area contributed by atoms with Gasteiger partial charge in [0.1, 0.15) is 0 Å². The predicted molar refractivity (Wildman–Crippen MR) is 100 cm³/mol. The third-order valence-electron chi connectivity index (χ3n) is 4.14. The summed E-state index contributed by atoms with van der Waals surface area (Å²) < 4.78 is 33.4. The number of carbonyl (C=O) groups is 1. The molecule has 0 saturated carbocycles. The third kappa shape index (κ3) is 3.92. The van der Waals surface area contributed by atoms with Crippen LogP contribution in [0.2, 0.25) is 0 Å². The van der Waals surface area contributed by atoms with E-state index >= 15 is 0 Å². The number of benzene rings is 3. The average Bonchev–Trinajstić information content (AvgIpc) is 2.67. The second-order valence-electron chi connectivity index (χ2n) is 5.84. The topological polar surface area (TPSA) is 72.5 Å². The lowest BCUT2D eigenvalue weighted by molar-refractivity contribution is -0.141. The van der Waals surface area contributed by atoms with Crippen molar-refractivity contribution in [3.8, 4) is 0 Å². The highest BCUT2D eigenvalue weighted by Gasteiger charge is 2.25. The van der Waals surface area contributed by atoms with E-state index < -0.39 is 22.0 Å². The summed E-state index contributed by atoms with van der Waals surface area (Å²) >= 11 is 0. The Hall–Kier alpha value is -2.70. The SMILES string of the molecule is COC(=O)C[C@@H](NS(=O)(=O)c1cccc2ccccc12)c1ccccc1. The van der Waals surface area contributed by atoms with E-state index in [4.69, 9.17) is 4.74 Å². The first-order chi connectivity index (χ1) is 12.5. The van der Waals surface area contributed by atoms with Gasteiger partial charge in [-0.05, 0) is 17.0 Å². The van der Waals surface area contributed by atoms with Gasteiger partial charge in [-0.3, -0.25) is 4.79 Å². The largest absolute Gasteiger partial charge is 0.469 e. The van der Waals surface area contributed by atoms with Crippen LogP contribution >= 0.6 is 0 Å². The monoisotopic (exact) mass is 369 g/mol. The molecule has 0 unspecified atom stereocenters. The molecule has 0 aliphatic carbocycles. The van der Waals surface area contributed by atoms with Crippen molar-refractivity contribution in [2.75, 3.05) is 7.11 Å². The Morgan fingerprint density at radius 2 is 1.62 bits per heavy atom. The minimum atomic E-state index is -3.85. The van der Waals surface area contributed by atoms with Crippen LogP contribution in [0.4, 0.5) is 0 Å². The van der Waals surface area contributed by atoms with Crippen molar-refractivity contribution < 1.29 is 17.9 Å². The van der Waals surface area contributed by atoms with E-state index in [1.807, 2.05) is 24.3 Å². The zero-order chi connectivity index (χ0) is 18.6. The Morgan fingerprint density at radius 3 is 2.35 bits per heavy atom. The number of hydrogen-bond donors (Lipinski definition) is 1. The highest BCUT2D eigenvalue weighted by atomic mass is 32.2. The highest BCUT2D eigenvalue weighted by Crippen LogP contribution is 2.26. The Kier molecular flexibility index (Phi) is 5.35. The second-order valence-corrected chi connectivity index (χ2v) is 7.52. The quantitative estimate of drug-likeness (QED) is 0.676. The van der Waals surface area contributed by atoms with Gasteiger partial charge in [0, 0.05) is 5.39 Å². The van der Waals surface area contributed by atoms with Crippen molar-refractivity contribution in [2.45, 2.75) is 17.4 Å². The molecular weight excluding hydrogens is 350 g/mol. The smallest absolute Gasteiger partial charge is 0.307 e. The molecule has 134 valence electrons. The van der Waals surface area contributed by atoms with Crippen molar-refractivity contribution in [3.05, 3.63) is 78.4 Å². The van der Waals surface area contributed by atoms with E-state index in [9.17, 15) is 13.2 Å². The number of carbonyl (C=O) groups excluding carboxylic acids is 1. The van der Waals surface area contributed by atoms with Gasteiger partial charge in [0.15, 0.2) is 0 Å². The first-order valence-corrected chi connectivity index (χ1v) is 9.61. The number of methoxy groups -OCH3 is 1. The molecule has 3 aromatic rings. The molecule has 1 atom stereocenters. The second kappa shape index (κ2) is 7.68. The van der Waals surface area contributed by atoms with Crippen molar-refractivity contribution in [2.24, 2.45) is 0 Å². The summed E-state index contributed by atoms with van der Waals surface area (Å²) in [4.78, 5) is 12.0. The zero-order valence-electron chi connectivity index (χ0n) is 14.3. The van der Waals surface area contributed by atoms with Gasteiger partial charge in [-0.25, -0.2) is 13.1 Å². The Balaban J connectivity index is 2.00. The fraction of sp³-hybridized carbons (Fsp3) is 0.150. The van der Waals surface area contributed by atoms with Crippen molar-refractivity contribution in [1.29, 1.82) is 0 Å². The molecule has 1 N–H and O–H groups in total. The molecule has 0 bridgehead atoms. The van der Waals surface area contributed by atoms with Crippen LogP contribution in [-0.2, 0) is 19.6 Å². The summed E-state index contributed by atoms with van der Waals surface area (Å²) in [5, 5.41) is 1.46. The summed E-state index contributed by atoms with van der Waals surface area (Å²) in [7, 11) is -2.56. The van der Waals surface area contributed by atoms with Gasteiger partial charge >= 0.3 is 5.97 Å². The summed E-state index contributed by atoms with van der Waals surface area (Å²) in [5.74, 6) is -0.487. The highest BCUT2D eigenvalue weighted by molar-refractivity contribution is 7.89. The molecule has 0 aliphatic rings. The summed E-state index contributed by atoms with van der Waals surface area (Å²) in [6.45, 7) is 0. The van der Waals surface area contributed by atoms with Crippen molar-refractivity contribution in [1.82, 2.24) is 4.72 Å². The number of nitrogens with one attached hydrogen (secondary N) is 1. The van der Waals surface area contributed by atoms with Crippen LogP contribution in [-0.4, -0.2) is 21.5 Å². The molecule has 0 aliphatic heterocycles. The van der Waals surface area contributed by atoms with Crippen LogP contribution in [0.25, 0.3) is 10.8 Å². The number of rotatable bonds is 6. The van der Waals surface area contributed by atoms with Crippen LogP contribution in [0, 0.1) is 0 Å². The summed E-state index contributed by atoms with van der Waals surface area (Å²) in [5.41, 5.74) is 0.696. The van der Waals surface area contributed by atoms with Crippen LogP contribution < -0.4 is 4.72 Å². The van der Waals surface area contributed by atoms with Crippen LogP contribution in [0.15, 0.2) is 77.7 Å². The lowest BCUT2D eigenvalue weighted by Crippen LogP contribution is -2.30. The minimum Gasteiger partial charge on any atom is -0.469 e. The molecule has 0 heterocycles. The van der Waals surface area contributed by atoms with Gasteiger partial charge in [0.2, 0.25) is 10.0 Å². The summed E-state index contributed by atoms with van der Waals surface area (Å²) in [6, 6.07) is 20.7. The van der Waals surface area contributed by atoms with E-state index in [1.54, 1.807) is 48.5 Å². The molecule has 0 amide bonds. The van der Waals surface area contributed by atoms with E-state index in [0.29, 0.717) is 10.9 Å². The number of esters is 1. The average molecular weight is 369 g/mol. The molecule has 0 spiro atoms. The normalized spacial score (nSPS) is 12.7. The van der Waals surface area contributed by atoms with E-state index in [0.717, 1.165) is 5.39 Å². The molecule has 5 nitrogen and oxygen atoms in total. The minimum absolute atomic E-state index is 0.0927. The van der Waals surface area contributed by atoms with E-state index in [2.05, 4.69) is 4.72 Å². The standard InChI is InChI=1S/C20H19NO4S/c1-25-20(22)14-18(16-9-3-2-4-10-16)21-26(23,24)19-13-7-11-15-8-5-6-12-17(15)19/h2-13,18,21H,14H2,1H3/t18-/m1/s1. The Bertz CT molecular complexity index is 1010. The fourth-order valence-corrected chi connectivity index (χ4v) is 4.30. The predicted octanol–water partition coefficient (Wildman–Crippen LogP) is 3.42. The molecule has 0 fully saturated rings. The molecular formula is C20H19NO4S. The van der Waals surface area contributed by atoms with Crippen LogP contribution in [0.5, 0.6) is 0 Å². The number of ether oxygens (including phenoxy) is 1. The molecule has 0 saturated heterocycles. The first kappa shape index (κ1) is 18.1. The molecule has 26 heavy (non-hydrogen) atoms. The Morgan fingerprint density at radius 1 is 0.962 bits per heavy atom. The van der Waals surface area contributed by atoms with Gasteiger partial charge in [-0.15, -0.1) is 0 Å². The number of hydrogen-bond acceptors (Lipinski definition) is 4. The van der Waals surface area contributed by atoms with Crippen LogP contribution in [0.3, 0.4) is 0 Å². The van der Waals surface area contributed by atoms with Gasteiger partial charge < -0.3 is 4.74 Å². The molecule has 3 rings (SSSR count). The Labute approximate surface area is 152 Å². The van der Waals surface area contributed by atoms with Gasteiger partial charge in [0.05, 0.1) is 24.5 Å². The molecule has 6 heteroatoms. The fourth-order valence-electron chi connectivity index (χ4n) is 2.84. The van der Waals surface area contributed by atoms with Gasteiger partial charge in [-0.2, -0.15) is 0 Å². The third-order valence-corrected chi connectivity index (χ3v) is 5.67. The van der Waals surface area contributed by atoms with Crippen molar-refractivity contribution in [3.63, 3.8) is 0 Å². The van der Waals surface area contributed by atoms with Crippen molar-refractivity contribution >= 4 is 26.8 Å². The summed E-state index contributed by atoms with van der Waals surface area (Å²) in [6.07, 6.45) is -0.0927. The first-order valence-electron chi connectivity index (χ1n) is 8.13. The lowest BCUT2D eigenvalue weighted by atomic mass is 10.1. The lowest BCUT2D eigenvalue weighted by Gasteiger charge is -2.19. The van der Waals surface area contributed by atoms with Gasteiger partial charge in [-0.1, -0.05) is 66.7 Å². The maximum atomic E-state index is 13.0. The van der Waals surface area contributed by atoms with Gasteiger partial charge in [0.25, 0.3) is 0 Å². The number of sulfonamides is 1. The molecule has 3 aromatic carbocycles. The molecule has 0 aromatic heterocycles. The van der Waals surface area contributed by atoms with E-state index in [1.165, 1.54) is 7.11 Å².